The number of hydrogen-bond acceptors (Lipinski definition) is 1. The van der Waals surface area contributed by atoms with Gasteiger partial charge < -0.3 is 0 Å². The minimum absolute atomic E-state index is 0.874. The van der Waals surface area contributed by atoms with Crippen LogP contribution in [0.25, 0.3) is 10.9 Å². The van der Waals surface area contributed by atoms with Gasteiger partial charge in [-0.2, -0.15) is 0 Å². The van der Waals surface area contributed by atoms with Crippen molar-refractivity contribution >= 4 is 10.9 Å². The summed E-state index contributed by atoms with van der Waals surface area (Å²) in [5, 5.41) is 1.16. The Morgan fingerprint density at radius 3 is 2.44 bits per heavy atom. The van der Waals surface area contributed by atoms with Crippen molar-refractivity contribution in [3.8, 4) is 5.75 Å². The number of para-hydroxylation sites is 2. The Balaban J connectivity index is 2.08. The van der Waals surface area contributed by atoms with Crippen molar-refractivity contribution in [1.82, 2.24) is 0 Å². The fraction of sp³-hybridized carbons (Fsp3) is 0.0625. The zero-order chi connectivity index (χ0) is 12.4. The number of aromatic nitrogens is 1. The molecule has 0 aliphatic carbocycles. The molecule has 0 N–H and O–H groups in total. The number of rotatable bonds is 2. The highest BCUT2D eigenvalue weighted by molar-refractivity contribution is 5.74. The third-order valence-corrected chi connectivity index (χ3v) is 2.96. The third-order valence-electron chi connectivity index (χ3n) is 2.96. The largest absolute Gasteiger partial charge is 0.265 e. The predicted molar refractivity (Wildman–Crippen MR) is 71.3 cm³/mol. The van der Waals surface area contributed by atoms with Crippen molar-refractivity contribution in [1.29, 1.82) is 0 Å². The fourth-order valence-corrected chi connectivity index (χ4v) is 1.98. The van der Waals surface area contributed by atoms with Crippen LogP contribution < -0.4 is 9.57 Å². The second-order valence-corrected chi connectivity index (χ2v) is 4.25. The Bertz CT molecular complexity index is 686. The van der Waals surface area contributed by atoms with Gasteiger partial charge in [0.05, 0.1) is 5.39 Å². The lowest BCUT2D eigenvalue weighted by Gasteiger charge is -2.03. The monoisotopic (exact) mass is 236 g/mol. The highest BCUT2D eigenvalue weighted by Gasteiger charge is 2.11. The van der Waals surface area contributed by atoms with Crippen LogP contribution in [0.2, 0.25) is 0 Å². The van der Waals surface area contributed by atoms with Gasteiger partial charge in [-0.15, -0.1) is 0 Å². The normalized spacial score (nSPS) is 10.5. The third kappa shape index (κ3) is 1.93. The Kier molecular flexibility index (Phi) is 2.69. The van der Waals surface area contributed by atoms with Crippen LogP contribution in [0.1, 0.15) is 5.56 Å². The maximum Gasteiger partial charge on any atom is 0.265 e. The molecule has 3 aromatic rings. The van der Waals surface area contributed by atoms with E-state index in [4.69, 9.17) is 4.84 Å². The summed E-state index contributed by atoms with van der Waals surface area (Å²) in [7, 11) is 0. The van der Waals surface area contributed by atoms with Gasteiger partial charge in [0.1, 0.15) is 0 Å². The molecule has 0 unspecified atom stereocenters. The second kappa shape index (κ2) is 4.49. The quantitative estimate of drug-likeness (QED) is 0.622. The first-order valence-electron chi connectivity index (χ1n) is 5.98. The summed E-state index contributed by atoms with van der Waals surface area (Å²) < 4.78 is 1.80. The van der Waals surface area contributed by atoms with Crippen LogP contribution in [0, 0.1) is 6.92 Å². The molecule has 1 heterocycles. The molecule has 3 rings (SSSR count). The smallest absolute Gasteiger partial charge is 0.231 e. The molecule has 0 aliphatic heterocycles. The minimum atomic E-state index is 0.874. The molecule has 0 atom stereocenters. The van der Waals surface area contributed by atoms with E-state index in [9.17, 15) is 0 Å². The van der Waals surface area contributed by atoms with Crippen LogP contribution in [0.4, 0.5) is 0 Å². The maximum atomic E-state index is 5.94. The van der Waals surface area contributed by atoms with E-state index in [1.54, 1.807) is 4.73 Å². The lowest BCUT2D eigenvalue weighted by atomic mass is 10.2. The van der Waals surface area contributed by atoms with Gasteiger partial charge in [-0.05, 0) is 30.7 Å². The molecular formula is C16H14NO+. The highest BCUT2D eigenvalue weighted by Crippen LogP contribution is 2.16. The number of fused-ring (bicyclic) bond motifs is 1. The summed E-state index contributed by atoms with van der Waals surface area (Å²) in [5.41, 5.74) is 2.18. The fourth-order valence-electron chi connectivity index (χ4n) is 1.98. The van der Waals surface area contributed by atoms with Crippen LogP contribution in [-0.4, -0.2) is 0 Å². The molecule has 0 spiro atoms. The molecule has 0 radical (unpaired) electrons. The molecule has 0 saturated heterocycles. The lowest BCUT2D eigenvalue weighted by Crippen LogP contribution is -2.40. The van der Waals surface area contributed by atoms with E-state index in [-0.39, 0.29) is 0 Å². The second-order valence-electron chi connectivity index (χ2n) is 4.25. The molecule has 1 aromatic heterocycles. The van der Waals surface area contributed by atoms with Crippen molar-refractivity contribution in [2.75, 3.05) is 0 Å². The topological polar surface area (TPSA) is 13.1 Å². The zero-order valence-corrected chi connectivity index (χ0v) is 10.2. The Morgan fingerprint density at radius 1 is 0.833 bits per heavy atom. The number of pyridine rings is 1. The number of aryl methyl sites for hydroxylation is 1. The molecule has 0 aliphatic rings. The summed E-state index contributed by atoms with van der Waals surface area (Å²) in [6, 6.07) is 20.2. The molecule has 2 nitrogen and oxygen atoms in total. The van der Waals surface area contributed by atoms with E-state index in [2.05, 4.69) is 12.1 Å². The molecule has 0 saturated carbocycles. The maximum absolute atomic E-state index is 5.94. The zero-order valence-electron chi connectivity index (χ0n) is 10.2. The van der Waals surface area contributed by atoms with Crippen LogP contribution >= 0.6 is 0 Å². The number of hydrogen-bond donors (Lipinski definition) is 0. The molecule has 2 aromatic carbocycles. The van der Waals surface area contributed by atoms with Crippen LogP contribution in [0.3, 0.4) is 0 Å². The predicted octanol–water partition coefficient (Wildman–Crippen LogP) is 3.28. The van der Waals surface area contributed by atoms with Crippen molar-refractivity contribution in [3.05, 3.63) is 72.4 Å². The molecule has 88 valence electrons. The van der Waals surface area contributed by atoms with Gasteiger partial charge in [-0.1, -0.05) is 30.3 Å². The standard InChI is InChI=1S/C16H14NO/c1-13-7-2-5-11-16(13)18-17-12-6-9-14-8-3-4-10-15(14)17/h2-12H,1H3/q+1. The van der Waals surface area contributed by atoms with Crippen LogP contribution in [-0.2, 0) is 0 Å². The highest BCUT2D eigenvalue weighted by atomic mass is 16.7. The van der Waals surface area contributed by atoms with Crippen LogP contribution in [0.15, 0.2) is 66.9 Å². The first-order chi connectivity index (χ1) is 8.84. The summed E-state index contributed by atoms with van der Waals surface area (Å²) in [4.78, 5) is 5.94. The average molecular weight is 236 g/mol. The molecule has 0 fully saturated rings. The van der Waals surface area contributed by atoms with Gasteiger partial charge in [0.2, 0.25) is 11.9 Å². The molecule has 18 heavy (non-hydrogen) atoms. The molecule has 2 heteroatoms. The Labute approximate surface area is 106 Å². The number of nitrogens with zero attached hydrogens (tertiary/aromatic N) is 1. The van der Waals surface area contributed by atoms with Crippen molar-refractivity contribution in [2.24, 2.45) is 0 Å². The average Bonchev–Trinajstić information content (AvgIpc) is 2.42. The van der Waals surface area contributed by atoms with E-state index in [0.29, 0.717) is 0 Å². The van der Waals surface area contributed by atoms with Gasteiger partial charge in [0.15, 0.2) is 0 Å². The molecular weight excluding hydrogens is 222 g/mol. The van der Waals surface area contributed by atoms with Crippen molar-refractivity contribution in [2.45, 2.75) is 6.92 Å². The first-order valence-corrected chi connectivity index (χ1v) is 5.98. The Morgan fingerprint density at radius 2 is 1.56 bits per heavy atom. The van der Waals surface area contributed by atoms with E-state index in [1.807, 2.05) is 61.7 Å². The van der Waals surface area contributed by atoms with E-state index in [1.165, 1.54) is 0 Å². The van der Waals surface area contributed by atoms with E-state index >= 15 is 0 Å². The SMILES string of the molecule is Cc1ccccc1O[n+]1cccc2ccccc21. The van der Waals surface area contributed by atoms with Crippen LogP contribution in [0.5, 0.6) is 5.75 Å². The first kappa shape index (κ1) is 10.8. The minimum Gasteiger partial charge on any atom is -0.231 e. The molecule has 0 amide bonds. The summed E-state index contributed by atoms with van der Waals surface area (Å²) in [6.45, 7) is 2.04. The lowest BCUT2D eigenvalue weighted by molar-refractivity contribution is -0.854. The summed E-state index contributed by atoms with van der Waals surface area (Å²) >= 11 is 0. The molecule has 0 bridgehead atoms. The number of benzene rings is 2. The Hall–Kier alpha value is -2.35. The van der Waals surface area contributed by atoms with Gasteiger partial charge in [-0.25, -0.2) is 4.84 Å². The summed E-state index contributed by atoms with van der Waals surface area (Å²) in [6.07, 6.45) is 1.93. The van der Waals surface area contributed by atoms with Gasteiger partial charge in [0.25, 0.3) is 5.52 Å². The van der Waals surface area contributed by atoms with Crippen molar-refractivity contribution < 1.29 is 9.57 Å². The van der Waals surface area contributed by atoms with Gasteiger partial charge in [-0.3, -0.25) is 0 Å². The van der Waals surface area contributed by atoms with Gasteiger partial charge in [0, 0.05) is 16.9 Å². The summed E-state index contributed by atoms with van der Waals surface area (Å²) in [5.74, 6) is 0.874. The van der Waals surface area contributed by atoms with Crippen molar-refractivity contribution in [3.63, 3.8) is 0 Å². The van der Waals surface area contributed by atoms with Gasteiger partial charge >= 0.3 is 0 Å². The van der Waals surface area contributed by atoms with E-state index in [0.717, 1.165) is 22.2 Å². The van der Waals surface area contributed by atoms with E-state index < -0.39 is 0 Å².